The van der Waals surface area contributed by atoms with Crippen molar-refractivity contribution in [2.75, 3.05) is 17.8 Å². The molecule has 1 heterocycles. The Kier molecular flexibility index (Phi) is 5.10. The summed E-state index contributed by atoms with van der Waals surface area (Å²) < 4.78 is 67.6. The molecule has 1 aliphatic heterocycles. The van der Waals surface area contributed by atoms with Crippen LogP contribution in [0.2, 0.25) is 0 Å². The molecule has 0 aliphatic carbocycles. The van der Waals surface area contributed by atoms with Gasteiger partial charge in [-0.1, -0.05) is 12.1 Å². The summed E-state index contributed by atoms with van der Waals surface area (Å²) in [6.45, 7) is 1.77. The first kappa shape index (κ1) is 18.5. The maximum absolute atomic E-state index is 12.4. The van der Waals surface area contributed by atoms with Gasteiger partial charge in [0.25, 0.3) is 10.0 Å². The number of hydrogen-bond donors (Lipinski definition) is 2. The van der Waals surface area contributed by atoms with E-state index < -0.39 is 22.1 Å². The first-order valence-corrected chi connectivity index (χ1v) is 9.40. The predicted octanol–water partition coefficient (Wildman–Crippen LogP) is 3.46. The maximum atomic E-state index is 12.4. The predicted molar refractivity (Wildman–Crippen MR) is 90.6 cm³/mol. The molecule has 9 heteroatoms. The number of anilines is 1. The standard InChI is InChI=1S/C17H17F3N2O3S/c18-17(19,20)25-15-4-6-16(7-5-15)26(23,24)22-14-3-1-2-12(10-14)13-8-9-21-11-13/h1-7,10,13,21-22H,8-9,11H2. The van der Waals surface area contributed by atoms with Crippen molar-refractivity contribution in [3.63, 3.8) is 0 Å². The monoisotopic (exact) mass is 386 g/mol. The van der Waals surface area contributed by atoms with E-state index >= 15 is 0 Å². The molecule has 0 spiro atoms. The van der Waals surface area contributed by atoms with Crippen LogP contribution in [0.1, 0.15) is 17.9 Å². The van der Waals surface area contributed by atoms with Gasteiger partial charge in [-0.25, -0.2) is 8.42 Å². The summed E-state index contributed by atoms with van der Waals surface area (Å²) >= 11 is 0. The average molecular weight is 386 g/mol. The summed E-state index contributed by atoms with van der Waals surface area (Å²) in [6.07, 6.45) is -3.84. The lowest BCUT2D eigenvalue weighted by Gasteiger charge is -2.13. The molecule has 5 nitrogen and oxygen atoms in total. The molecule has 0 radical (unpaired) electrons. The molecule has 26 heavy (non-hydrogen) atoms. The van der Waals surface area contributed by atoms with E-state index in [0.29, 0.717) is 11.6 Å². The smallest absolute Gasteiger partial charge is 0.406 e. The average Bonchev–Trinajstić information content (AvgIpc) is 3.08. The highest BCUT2D eigenvalue weighted by atomic mass is 32.2. The Hall–Kier alpha value is -2.26. The topological polar surface area (TPSA) is 67.4 Å². The Morgan fingerprint density at radius 2 is 1.85 bits per heavy atom. The van der Waals surface area contributed by atoms with Crippen molar-refractivity contribution in [2.45, 2.75) is 23.6 Å². The van der Waals surface area contributed by atoms with E-state index in [4.69, 9.17) is 0 Å². The Bertz CT molecular complexity index is 862. The number of benzene rings is 2. The molecule has 1 unspecified atom stereocenters. The minimum atomic E-state index is -4.83. The summed E-state index contributed by atoms with van der Waals surface area (Å²) in [5.74, 6) is -0.148. The first-order chi connectivity index (χ1) is 12.2. The molecule has 140 valence electrons. The number of rotatable bonds is 5. The third-order valence-electron chi connectivity index (χ3n) is 4.04. The number of alkyl halides is 3. The second-order valence-corrected chi connectivity index (χ2v) is 7.62. The molecule has 1 saturated heterocycles. The fourth-order valence-electron chi connectivity index (χ4n) is 2.83. The maximum Gasteiger partial charge on any atom is 0.573 e. The Morgan fingerprint density at radius 3 is 2.46 bits per heavy atom. The second-order valence-electron chi connectivity index (χ2n) is 5.94. The van der Waals surface area contributed by atoms with Crippen LogP contribution in [-0.2, 0) is 10.0 Å². The van der Waals surface area contributed by atoms with E-state index in [9.17, 15) is 21.6 Å². The van der Waals surface area contributed by atoms with Crippen LogP contribution in [0, 0.1) is 0 Å². The van der Waals surface area contributed by atoms with Crippen molar-refractivity contribution >= 4 is 15.7 Å². The highest BCUT2D eigenvalue weighted by Gasteiger charge is 2.31. The van der Waals surface area contributed by atoms with Gasteiger partial charge in [-0.15, -0.1) is 13.2 Å². The number of nitrogens with one attached hydrogen (secondary N) is 2. The van der Waals surface area contributed by atoms with E-state index in [1.807, 2.05) is 6.07 Å². The van der Waals surface area contributed by atoms with Crippen molar-refractivity contribution in [3.8, 4) is 5.75 Å². The van der Waals surface area contributed by atoms with E-state index in [0.717, 1.165) is 49.3 Å². The van der Waals surface area contributed by atoms with Crippen LogP contribution < -0.4 is 14.8 Å². The quantitative estimate of drug-likeness (QED) is 0.826. The number of halogens is 3. The lowest BCUT2D eigenvalue weighted by atomic mass is 9.98. The fourth-order valence-corrected chi connectivity index (χ4v) is 3.88. The molecule has 2 N–H and O–H groups in total. The molecular weight excluding hydrogens is 369 g/mol. The van der Waals surface area contributed by atoms with Gasteiger partial charge in [0.2, 0.25) is 0 Å². The zero-order valence-corrected chi connectivity index (χ0v) is 14.4. The van der Waals surface area contributed by atoms with Crippen LogP contribution in [0.25, 0.3) is 0 Å². The molecule has 1 fully saturated rings. The molecule has 3 rings (SSSR count). The van der Waals surface area contributed by atoms with Crippen LogP contribution in [0.15, 0.2) is 53.4 Å². The van der Waals surface area contributed by atoms with Crippen LogP contribution in [-0.4, -0.2) is 27.9 Å². The largest absolute Gasteiger partial charge is 0.573 e. The van der Waals surface area contributed by atoms with Gasteiger partial charge >= 0.3 is 6.36 Å². The molecule has 1 atom stereocenters. The molecule has 0 amide bonds. The second kappa shape index (κ2) is 7.16. The van der Waals surface area contributed by atoms with Gasteiger partial charge in [0.1, 0.15) is 5.75 Å². The molecule has 0 aromatic heterocycles. The molecule has 1 aliphatic rings. The zero-order valence-electron chi connectivity index (χ0n) is 13.6. The van der Waals surface area contributed by atoms with Gasteiger partial charge in [-0.3, -0.25) is 4.72 Å². The summed E-state index contributed by atoms with van der Waals surface area (Å²) in [5, 5.41) is 3.26. The summed E-state index contributed by atoms with van der Waals surface area (Å²) in [7, 11) is -3.92. The van der Waals surface area contributed by atoms with Crippen molar-refractivity contribution in [1.82, 2.24) is 5.32 Å². The van der Waals surface area contributed by atoms with E-state index in [-0.39, 0.29) is 4.90 Å². The molecular formula is C17H17F3N2O3S. The molecule has 2 aromatic carbocycles. The lowest BCUT2D eigenvalue weighted by molar-refractivity contribution is -0.274. The van der Waals surface area contributed by atoms with Gasteiger partial charge in [-0.2, -0.15) is 0 Å². The summed E-state index contributed by atoms with van der Waals surface area (Å²) in [5.41, 5.74) is 1.44. The Morgan fingerprint density at radius 1 is 1.12 bits per heavy atom. The van der Waals surface area contributed by atoms with Gasteiger partial charge in [0.15, 0.2) is 0 Å². The zero-order chi connectivity index (χ0) is 18.8. The van der Waals surface area contributed by atoms with E-state index in [2.05, 4.69) is 14.8 Å². The van der Waals surface area contributed by atoms with E-state index in [1.165, 1.54) is 0 Å². The summed E-state index contributed by atoms with van der Waals surface area (Å²) in [6, 6.07) is 11.2. The van der Waals surface area contributed by atoms with Crippen LogP contribution in [0.3, 0.4) is 0 Å². The van der Waals surface area contributed by atoms with Crippen molar-refractivity contribution in [3.05, 3.63) is 54.1 Å². The Labute approximate surface area is 149 Å². The van der Waals surface area contributed by atoms with E-state index in [1.54, 1.807) is 18.2 Å². The van der Waals surface area contributed by atoms with Gasteiger partial charge in [-0.05, 0) is 60.8 Å². The number of hydrogen-bond acceptors (Lipinski definition) is 4. The number of ether oxygens (including phenoxy) is 1. The van der Waals surface area contributed by atoms with Gasteiger partial charge in [0, 0.05) is 12.2 Å². The van der Waals surface area contributed by atoms with Crippen molar-refractivity contribution < 1.29 is 26.3 Å². The highest BCUT2D eigenvalue weighted by molar-refractivity contribution is 7.92. The highest BCUT2D eigenvalue weighted by Crippen LogP contribution is 2.27. The first-order valence-electron chi connectivity index (χ1n) is 7.92. The summed E-state index contributed by atoms with van der Waals surface area (Å²) in [4.78, 5) is -0.153. The third-order valence-corrected chi connectivity index (χ3v) is 5.44. The SMILES string of the molecule is O=S(=O)(Nc1cccc(C2CCNC2)c1)c1ccc(OC(F)(F)F)cc1. The minimum absolute atomic E-state index is 0.153. The van der Waals surface area contributed by atoms with Crippen molar-refractivity contribution in [2.24, 2.45) is 0 Å². The van der Waals surface area contributed by atoms with Gasteiger partial charge in [0.05, 0.1) is 4.90 Å². The third kappa shape index (κ3) is 4.67. The minimum Gasteiger partial charge on any atom is -0.406 e. The molecule has 0 saturated carbocycles. The van der Waals surface area contributed by atoms with Crippen molar-refractivity contribution in [1.29, 1.82) is 0 Å². The lowest BCUT2D eigenvalue weighted by Crippen LogP contribution is -2.17. The van der Waals surface area contributed by atoms with Gasteiger partial charge < -0.3 is 10.1 Å². The number of sulfonamides is 1. The van der Waals surface area contributed by atoms with Crippen LogP contribution in [0.5, 0.6) is 5.75 Å². The van der Waals surface area contributed by atoms with Crippen LogP contribution >= 0.6 is 0 Å². The fraction of sp³-hybridized carbons (Fsp3) is 0.294. The Balaban J connectivity index is 1.75. The molecule has 2 aromatic rings. The van der Waals surface area contributed by atoms with Crippen LogP contribution in [0.4, 0.5) is 18.9 Å². The normalized spacial score (nSPS) is 17.9. The molecule has 0 bridgehead atoms.